The molecule has 5 aromatic heterocycles. The van der Waals surface area contributed by atoms with E-state index in [1.807, 2.05) is 0 Å². The van der Waals surface area contributed by atoms with Gasteiger partial charge < -0.3 is 29.9 Å². The van der Waals surface area contributed by atoms with Crippen LogP contribution in [0.5, 0.6) is 0 Å². The number of hydrogen-bond acceptors (Lipinski definition) is 12. The van der Waals surface area contributed by atoms with Crippen molar-refractivity contribution in [3.8, 4) is 0 Å². The number of nitrogens with zero attached hydrogens (tertiary/aromatic N) is 6. The number of rotatable bonds is 4. The molecular weight excluding hydrogens is 518 g/mol. The van der Waals surface area contributed by atoms with Crippen LogP contribution in [0, 0.1) is 6.92 Å². The van der Waals surface area contributed by atoms with Crippen LogP contribution >= 0.6 is 0 Å². The zero-order chi connectivity index (χ0) is 27.7. The van der Waals surface area contributed by atoms with E-state index < -0.39 is 41.2 Å². The minimum absolute atomic E-state index is 0.0503. The summed E-state index contributed by atoms with van der Waals surface area (Å²) in [6, 6.07) is 0. The molecule has 0 bridgehead atoms. The maximum Gasteiger partial charge on any atom is 0.330 e. The molecule has 0 saturated carbocycles. The largest absolute Gasteiger partial charge is 0.394 e. The fraction of sp³-hybridized carbons (Fsp3) is 0.286. The Bertz CT molecular complexity index is 1840. The lowest BCUT2D eigenvalue weighted by molar-refractivity contribution is -0.0459. The SMILES string of the molecule is Cc1cn([C@H]2C[C@H](O)[C@@H](CO)O2)c(=O)[nH]c1=O.O=C(Nc1ncc2[nH]cnc2n1)c1nc2nc[nH]c2c(=O)[nH]1. The summed E-state index contributed by atoms with van der Waals surface area (Å²) in [5.74, 6) is -0.790. The van der Waals surface area contributed by atoms with E-state index in [2.05, 4.69) is 50.2 Å². The molecular formula is C21H21N11O7. The van der Waals surface area contributed by atoms with Crippen molar-refractivity contribution in [3.63, 3.8) is 0 Å². The number of carbonyl (C=O) groups is 1. The molecule has 7 N–H and O–H groups in total. The second-order valence-electron chi connectivity index (χ2n) is 8.40. The summed E-state index contributed by atoms with van der Waals surface area (Å²) in [5, 5.41) is 20.9. The van der Waals surface area contributed by atoms with Gasteiger partial charge in [-0.15, -0.1) is 0 Å². The van der Waals surface area contributed by atoms with Crippen LogP contribution in [-0.2, 0) is 4.74 Å². The summed E-state index contributed by atoms with van der Waals surface area (Å²) < 4.78 is 6.54. The molecule has 39 heavy (non-hydrogen) atoms. The normalized spacial score (nSPS) is 18.7. The zero-order valence-electron chi connectivity index (χ0n) is 20.1. The maximum absolute atomic E-state index is 12.1. The number of nitrogens with one attached hydrogen (secondary N) is 5. The summed E-state index contributed by atoms with van der Waals surface area (Å²) in [7, 11) is 0. The summed E-state index contributed by atoms with van der Waals surface area (Å²) in [4.78, 5) is 76.4. The number of amides is 1. The summed E-state index contributed by atoms with van der Waals surface area (Å²) in [6.07, 6.45) is 3.69. The van der Waals surface area contributed by atoms with E-state index in [0.29, 0.717) is 16.7 Å². The lowest BCUT2D eigenvalue weighted by Gasteiger charge is -2.14. The van der Waals surface area contributed by atoms with Gasteiger partial charge in [0, 0.05) is 18.2 Å². The average molecular weight is 539 g/mol. The van der Waals surface area contributed by atoms with Crippen molar-refractivity contribution in [3.05, 3.63) is 67.6 Å². The molecule has 0 radical (unpaired) electrons. The first-order valence-electron chi connectivity index (χ1n) is 11.4. The van der Waals surface area contributed by atoms with E-state index in [4.69, 9.17) is 9.84 Å². The van der Waals surface area contributed by atoms with E-state index in [9.17, 15) is 24.3 Å². The Labute approximate surface area is 215 Å². The van der Waals surface area contributed by atoms with Crippen molar-refractivity contribution < 1.29 is 19.7 Å². The fourth-order valence-electron chi connectivity index (χ4n) is 3.76. The van der Waals surface area contributed by atoms with E-state index in [-0.39, 0.29) is 36.0 Å². The van der Waals surface area contributed by atoms with E-state index in [0.717, 1.165) is 0 Å². The highest BCUT2D eigenvalue weighted by Gasteiger charge is 2.35. The maximum atomic E-state index is 12.1. The van der Waals surface area contributed by atoms with Crippen LogP contribution in [0.25, 0.3) is 22.3 Å². The van der Waals surface area contributed by atoms with Gasteiger partial charge in [-0.1, -0.05) is 0 Å². The van der Waals surface area contributed by atoms with Crippen LogP contribution in [0.15, 0.2) is 39.4 Å². The number of aryl methyl sites for hydroxylation is 1. The van der Waals surface area contributed by atoms with E-state index >= 15 is 0 Å². The molecule has 1 aliphatic heterocycles. The van der Waals surface area contributed by atoms with Gasteiger partial charge in [-0.2, -0.15) is 4.98 Å². The fourth-order valence-corrected chi connectivity index (χ4v) is 3.76. The van der Waals surface area contributed by atoms with Crippen molar-refractivity contribution in [2.75, 3.05) is 11.9 Å². The standard InChI is InChI=1S/C11H7N9O2.C10H14N2O5/c21-9-5-7(16-3-14-5)17-8(18-9)10(22)20-11-12-1-4-6(19-11)15-2-13-4;1-5-3-12(10(16)11-9(5)15)8-2-6(14)7(4-13)17-8/h1-3H,(H2,14,16,17,18,21)(H2,12,13,15,19,20,22);3,6-8,13-14H,2,4H2,1H3,(H,11,15,16)/t;6-,7+,8+/m.0/s1. The second-order valence-corrected chi connectivity index (χ2v) is 8.40. The number of aromatic amines is 4. The Morgan fingerprint density at radius 2 is 1.87 bits per heavy atom. The highest BCUT2D eigenvalue weighted by Crippen LogP contribution is 2.27. The number of aliphatic hydroxyl groups is 2. The Balaban J connectivity index is 0.000000164. The first-order chi connectivity index (χ1) is 18.7. The van der Waals surface area contributed by atoms with Gasteiger partial charge in [0.05, 0.1) is 31.6 Å². The second kappa shape index (κ2) is 10.4. The number of H-pyrrole nitrogens is 4. The highest BCUT2D eigenvalue weighted by molar-refractivity contribution is 6.01. The Morgan fingerprint density at radius 3 is 2.64 bits per heavy atom. The predicted molar refractivity (Wildman–Crippen MR) is 132 cm³/mol. The van der Waals surface area contributed by atoms with Crippen molar-refractivity contribution in [1.29, 1.82) is 0 Å². The number of hydrogen-bond donors (Lipinski definition) is 7. The van der Waals surface area contributed by atoms with Crippen LogP contribution in [0.1, 0.15) is 28.8 Å². The third-order valence-electron chi connectivity index (χ3n) is 5.75. The minimum Gasteiger partial charge on any atom is -0.394 e. The number of aromatic nitrogens is 10. The first-order valence-corrected chi connectivity index (χ1v) is 11.4. The Hall–Kier alpha value is -5.07. The van der Waals surface area contributed by atoms with Gasteiger partial charge in [0.15, 0.2) is 16.8 Å². The molecule has 5 aromatic rings. The number of carbonyl (C=O) groups excluding carboxylic acids is 1. The topological polar surface area (TPSA) is 263 Å². The van der Waals surface area contributed by atoms with Crippen LogP contribution < -0.4 is 22.1 Å². The van der Waals surface area contributed by atoms with Crippen molar-refractivity contribution in [1.82, 2.24) is 49.4 Å². The Morgan fingerprint density at radius 1 is 1.10 bits per heavy atom. The van der Waals surface area contributed by atoms with Crippen LogP contribution in [0.2, 0.25) is 0 Å². The monoisotopic (exact) mass is 539 g/mol. The molecule has 1 saturated heterocycles. The number of aliphatic hydroxyl groups excluding tert-OH is 2. The average Bonchev–Trinajstić information content (AvgIpc) is 3.66. The van der Waals surface area contributed by atoms with Gasteiger partial charge in [-0.3, -0.25) is 29.3 Å². The molecule has 6 rings (SSSR count). The third-order valence-corrected chi connectivity index (χ3v) is 5.75. The minimum atomic E-state index is -0.816. The van der Waals surface area contributed by atoms with Crippen molar-refractivity contribution >= 4 is 34.2 Å². The summed E-state index contributed by atoms with van der Waals surface area (Å²) >= 11 is 0. The van der Waals surface area contributed by atoms with Gasteiger partial charge in [0.2, 0.25) is 11.8 Å². The molecule has 1 amide bonds. The highest BCUT2D eigenvalue weighted by atomic mass is 16.5. The molecule has 3 atom stereocenters. The molecule has 202 valence electrons. The molecule has 0 aliphatic carbocycles. The van der Waals surface area contributed by atoms with Gasteiger partial charge in [-0.05, 0) is 6.92 Å². The number of ether oxygens (including phenoxy) is 1. The smallest absolute Gasteiger partial charge is 0.330 e. The molecule has 0 spiro atoms. The molecule has 6 heterocycles. The molecule has 18 heteroatoms. The molecule has 0 unspecified atom stereocenters. The van der Waals surface area contributed by atoms with Crippen LogP contribution in [0.3, 0.4) is 0 Å². The first kappa shape index (κ1) is 25.6. The number of anilines is 1. The van der Waals surface area contributed by atoms with Gasteiger partial charge in [0.1, 0.15) is 17.8 Å². The summed E-state index contributed by atoms with van der Waals surface area (Å²) in [6.45, 7) is 1.26. The molecule has 0 aromatic carbocycles. The lowest BCUT2D eigenvalue weighted by atomic mass is 10.2. The van der Waals surface area contributed by atoms with E-state index in [1.54, 1.807) is 6.92 Å². The van der Waals surface area contributed by atoms with Crippen molar-refractivity contribution in [2.24, 2.45) is 0 Å². The third kappa shape index (κ3) is 5.19. The Kier molecular flexibility index (Phi) is 6.79. The molecule has 18 nitrogen and oxygen atoms in total. The zero-order valence-corrected chi connectivity index (χ0v) is 20.1. The predicted octanol–water partition coefficient (Wildman–Crippen LogP) is -1.95. The number of imidazole rings is 2. The van der Waals surface area contributed by atoms with E-state index in [1.165, 1.54) is 29.6 Å². The quantitative estimate of drug-likeness (QED) is 0.131. The van der Waals surface area contributed by atoms with Gasteiger partial charge in [-0.25, -0.2) is 24.7 Å². The van der Waals surface area contributed by atoms with Crippen molar-refractivity contribution in [2.45, 2.75) is 31.8 Å². The van der Waals surface area contributed by atoms with Crippen LogP contribution in [0.4, 0.5) is 5.95 Å². The van der Waals surface area contributed by atoms with Crippen LogP contribution in [-0.4, -0.2) is 84.4 Å². The summed E-state index contributed by atoms with van der Waals surface area (Å²) in [5.41, 5.74) is 0.270. The molecule has 1 aliphatic rings. The molecule has 1 fully saturated rings. The van der Waals surface area contributed by atoms with Gasteiger partial charge in [0.25, 0.3) is 17.0 Å². The van der Waals surface area contributed by atoms with Gasteiger partial charge >= 0.3 is 5.69 Å². The number of fused-ring (bicyclic) bond motifs is 2. The lowest BCUT2D eigenvalue weighted by Crippen LogP contribution is -2.33.